The van der Waals surface area contributed by atoms with Crippen molar-refractivity contribution in [1.82, 2.24) is 10.2 Å². The van der Waals surface area contributed by atoms with Gasteiger partial charge in [-0.2, -0.15) is 0 Å². The molecule has 1 heterocycles. The van der Waals surface area contributed by atoms with Crippen LogP contribution in [0.4, 0.5) is 4.79 Å². The van der Waals surface area contributed by atoms with Crippen molar-refractivity contribution in [3.05, 3.63) is 28.7 Å². The number of nitrogens with one attached hydrogen (secondary N) is 1. The van der Waals surface area contributed by atoms with Crippen molar-refractivity contribution in [2.45, 2.75) is 0 Å². The van der Waals surface area contributed by atoms with Crippen LogP contribution in [0.5, 0.6) is 5.75 Å². The maximum Gasteiger partial charge on any atom is 0.324 e. The number of amides is 3. The van der Waals surface area contributed by atoms with Gasteiger partial charge in [0, 0.05) is 4.47 Å². The first kappa shape index (κ1) is 11.9. The Morgan fingerprint density at radius 1 is 1.29 bits per heavy atom. The summed E-state index contributed by atoms with van der Waals surface area (Å²) in [4.78, 5) is 23.5. The van der Waals surface area contributed by atoms with Crippen molar-refractivity contribution < 1.29 is 14.3 Å². The highest BCUT2D eigenvalue weighted by atomic mass is 79.9. The molecule has 1 aliphatic heterocycles. The maximum atomic E-state index is 11.2. The molecule has 0 aliphatic carbocycles. The largest absolute Gasteiger partial charge is 0.492 e. The fraction of sp³-hybridized carbons (Fsp3) is 0.273. The van der Waals surface area contributed by atoms with Gasteiger partial charge in [-0.05, 0) is 24.3 Å². The summed E-state index contributed by atoms with van der Waals surface area (Å²) in [6.45, 7) is 0.874. The maximum absolute atomic E-state index is 11.2. The molecule has 0 spiro atoms. The fourth-order valence-corrected chi connectivity index (χ4v) is 1.73. The summed E-state index contributed by atoms with van der Waals surface area (Å²) in [6, 6.07) is 7.07. The van der Waals surface area contributed by atoms with E-state index < -0.39 is 0 Å². The molecule has 2 rings (SSSR count). The smallest absolute Gasteiger partial charge is 0.324 e. The second-order valence-electron chi connectivity index (χ2n) is 3.58. The minimum Gasteiger partial charge on any atom is -0.492 e. The standard InChI is InChI=1S/C11H11BrN2O3/c12-8-1-3-9(4-2-8)17-6-5-14-7-10(15)13-11(14)16/h1-4H,5-7H2,(H,13,15,16). The van der Waals surface area contributed by atoms with Crippen molar-refractivity contribution >= 4 is 27.9 Å². The molecular formula is C11H11BrN2O3. The molecule has 0 aromatic heterocycles. The van der Waals surface area contributed by atoms with Gasteiger partial charge in [-0.15, -0.1) is 0 Å². The Bertz CT molecular complexity index is 433. The Morgan fingerprint density at radius 2 is 2.00 bits per heavy atom. The van der Waals surface area contributed by atoms with Gasteiger partial charge in [0.2, 0.25) is 5.91 Å². The van der Waals surface area contributed by atoms with E-state index in [9.17, 15) is 9.59 Å². The number of nitrogens with zero attached hydrogens (tertiary/aromatic N) is 1. The Balaban J connectivity index is 1.78. The number of halogens is 1. The fourth-order valence-electron chi connectivity index (χ4n) is 1.47. The zero-order chi connectivity index (χ0) is 12.3. The van der Waals surface area contributed by atoms with E-state index in [1.807, 2.05) is 24.3 Å². The molecule has 0 bridgehead atoms. The summed E-state index contributed by atoms with van der Waals surface area (Å²) in [6.07, 6.45) is 0. The first-order chi connectivity index (χ1) is 8.15. The summed E-state index contributed by atoms with van der Waals surface area (Å²) in [7, 11) is 0. The third-order valence-corrected chi connectivity index (χ3v) is 2.84. The molecule has 90 valence electrons. The molecule has 0 radical (unpaired) electrons. The molecule has 6 heteroatoms. The lowest BCUT2D eigenvalue weighted by Crippen LogP contribution is -2.31. The van der Waals surface area contributed by atoms with E-state index in [1.54, 1.807) is 0 Å². The van der Waals surface area contributed by atoms with Gasteiger partial charge in [-0.25, -0.2) is 4.79 Å². The summed E-state index contributed by atoms with van der Waals surface area (Å²) >= 11 is 3.33. The minimum absolute atomic E-state index is 0.114. The summed E-state index contributed by atoms with van der Waals surface area (Å²) in [5, 5.41) is 2.21. The van der Waals surface area contributed by atoms with Crippen LogP contribution in [0.25, 0.3) is 0 Å². The molecule has 1 aromatic carbocycles. The quantitative estimate of drug-likeness (QED) is 0.855. The number of urea groups is 1. The number of hydrogen-bond donors (Lipinski definition) is 1. The molecule has 1 aromatic rings. The number of imide groups is 1. The Morgan fingerprint density at radius 3 is 2.59 bits per heavy atom. The lowest BCUT2D eigenvalue weighted by Gasteiger charge is -2.13. The molecule has 1 fully saturated rings. The molecule has 3 amide bonds. The highest BCUT2D eigenvalue weighted by Gasteiger charge is 2.25. The van der Waals surface area contributed by atoms with Crippen LogP contribution in [0, 0.1) is 0 Å². The van der Waals surface area contributed by atoms with Crippen LogP contribution >= 0.6 is 15.9 Å². The molecule has 5 nitrogen and oxygen atoms in total. The lowest BCUT2D eigenvalue weighted by atomic mass is 10.3. The van der Waals surface area contributed by atoms with Gasteiger partial charge >= 0.3 is 6.03 Å². The van der Waals surface area contributed by atoms with Gasteiger partial charge in [0.05, 0.1) is 6.54 Å². The van der Waals surface area contributed by atoms with Crippen LogP contribution in [0.3, 0.4) is 0 Å². The predicted octanol–water partition coefficient (Wildman–Crippen LogP) is 1.38. The van der Waals surface area contributed by atoms with E-state index in [4.69, 9.17) is 4.74 Å². The topological polar surface area (TPSA) is 58.6 Å². The molecule has 17 heavy (non-hydrogen) atoms. The van der Waals surface area contributed by atoms with Gasteiger partial charge in [0.25, 0.3) is 0 Å². The lowest BCUT2D eigenvalue weighted by molar-refractivity contribution is -0.118. The monoisotopic (exact) mass is 298 g/mol. The summed E-state index contributed by atoms with van der Waals surface area (Å²) < 4.78 is 6.43. The van der Waals surface area contributed by atoms with E-state index in [2.05, 4.69) is 21.2 Å². The van der Waals surface area contributed by atoms with Gasteiger partial charge < -0.3 is 9.64 Å². The van der Waals surface area contributed by atoms with E-state index in [-0.39, 0.29) is 18.5 Å². The number of rotatable bonds is 4. The number of hydrogen-bond acceptors (Lipinski definition) is 3. The highest BCUT2D eigenvalue weighted by Crippen LogP contribution is 2.16. The number of benzene rings is 1. The predicted molar refractivity (Wildman–Crippen MR) is 64.7 cm³/mol. The molecule has 1 saturated heterocycles. The average Bonchev–Trinajstić information content (AvgIpc) is 2.60. The molecular weight excluding hydrogens is 288 g/mol. The summed E-state index contributed by atoms with van der Waals surface area (Å²) in [5.74, 6) is 0.470. The first-order valence-corrected chi connectivity index (χ1v) is 5.91. The van der Waals surface area contributed by atoms with E-state index in [1.165, 1.54) is 4.90 Å². The second kappa shape index (κ2) is 5.18. The van der Waals surface area contributed by atoms with Crippen LogP contribution in [0.15, 0.2) is 28.7 Å². The molecule has 0 atom stereocenters. The van der Waals surface area contributed by atoms with Gasteiger partial charge in [0.15, 0.2) is 0 Å². The van der Waals surface area contributed by atoms with Gasteiger partial charge in [-0.1, -0.05) is 15.9 Å². The second-order valence-corrected chi connectivity index (χ2v) is 4.49. The van der Waals surface area contributed by atoms with Crippen molar-refractivity contribution in [2.24, 2.45) is 0 Å². The van der Waals surface area contributed by atoms with E-state index in [0.717, 1.165) is 10.2 Å². The number of carbonyl (C=O) groups excluding carboxylic acids is 2. The van der Waals surface area contributed by atoms with Crippen molar-refractivity contribution in [1.29, 1.82) is 0 Å². The van der Waals surface area contributed by atoms with Gasteiger partial charge in [0.1, 0.15) is 18.9 Å². The first-order valence-electron chi connectivity index (χ1n) is 5.12. The zero-order valence-electron chi connectivity index (χ0n) is 8.98. The molecule has 1 N–H and O–H groups in total. The zero-order valence-corrected chi connectivity index (χ0v) is 10.6. The number of carbonyl (C=O) groups is 2. The molecule has 0 unspecified atom stereocenters. The van der Waals surface area contributed by atoms with Crippen molar-refractivity contribution in [3.63, 3.8) is 0 Å². The van der Waals surface area contributed by atoms with Crippen LogP contribution in [-0.4, -0.2) is 36.5 Å². The normalized spacial score (nSPS) is 15.0. The van der Waals surface area contributed by atoms with Crippen LogP contribution in [-0.2, 0) is 4.79 Å². The molecule has 1 aliphatic rings. The third kappa shape index (κ3) is 3.20. The third-order valence-electron chi connectivity index (χ3n) is 2.31. The average molecular weight is 299 g/mol. The minimum atomic E-state index is -0.352. The Hall–Kier alpha value is -1.56. The highest BCUT2D eigenvalue weighted by molar-refractivity contribution is 9.10. The van der Waals surface area contributed by atoms with Crippen molar-refractivity contribution in [2.75, 3.05) is 19.7 Å². The molecule has 0 saturated carbocycles. The van der Waals surface area contributed by atoms with Gasteiger partial charge in [-0.3, -0.25) is 10.1 Å². The number of ether oxygens (including phenoxy) is 1. The summed E-state index contributed by atoms with van der Waals surface area (Å²) in [5.41, 5.74) is 0. The van der Waals surface area contributed by atoms with E-state index >= 15 is 0 Å². The van der Waals surface area contributed by atoms with Crippen LogP contribution in [0.1, 0.15) is 0 Å². The van der Waals surface area contributed by atoms with Crippen LogP contribution < -0.4 is 10.1 Å². The Kier molecular flexibility index (Phi) is 3.63. The SMILES string of the molecule is O=C1CN(CCOc2ccc(Br)cc2)C(=O)N1. The Labute approximate surface area is 107 Å². The van der Waals surface area contributed by atoms with Crippen molar-refractivity contribution in [3.8, 4) is 5.75 Å². The van der Waals surface area contributed by atoms with E-state index in [0.29, 0.717) is 13.2 Å². The van der Waals surface area contributed by atoms with Crippen LogP contribution in [0.2, 0.25) is 0 Å².